The van der Waals surface area contributed by atoms with Crippen molar-refractivity contribution in [2.75, 3.05) is 0 Å². The number of cyclic esters (lactones) is 2. The minimum Gasteiger partial charge on any atom is -0.445 e. The van der Waals surface area contributed by atoms with Crippen LogP contribution in [0.5, 0.6) is 0 Å². The Hall–Kier alpha value is -3.56. The Bertz CT molecular complexity index is 1170. The highest BCUT2D eigenvalue weighted by Crippen LogP contribution is 2.43. The third-order valence-electron chi connectivity index (χ3n) is 4.93. The number of alkyl halides is 6. The molecule has 0 aliphatic carbocycles. The lowest BCUT2D eigenvalue weighted by molar-refractivity contribution is -0.221. The number of benzene rings is 3. The van der Waals surface area contributed by atoms with Crippen LogP contribution in [0.3, 0.4) is 0 Å². The van der Waals surface area contributed by atoms with E-state index in [1.54, 1.807) is 0 Å². The Kier molecular flexibility index (Phi) is 5.10. The third kappa shape index (κ3) is 4.00. The van der Waals surface area contributed by atoms with E-state index in [9.17, 15) is 35.9 Å². The van der Waals surface area contributed by atoms with Crippen molar-refractivity contribution in [1.82, 2.24) is 0 Å². The van der Waals surface area contributed by atoms with Gasteiger partial charge in [-0.3, -0.25) is 0 Å². The molecule has 0 fully saturated rings. The average molecular weight is 454 g/mol. The summed E-state index contributed by atoms with van der Waals surface area (Å²) in [6.45, 7) is 0. The van der Waals surface area contributed by atoms with Crippen LogP contribution in [0.25, 0.3) is 21.5 Å². The number of hydrogen-bond acceptors (Lipinski definition) is 4. The fourth-order valence-electron chi connectivity index (χ4n) is 3.62. The lowest BCUT2D eigenvalue weighted by Gasteiger charge is -2.23. The van der Waals surface area contributed by atoms with Crippen molar-refractivity contribution < 1.29 is 45.4 Å². The molecule has 0 saturated heterocycles. The average Bonchev–Trinajstić information content (AvgIpc) is 2.71. The maximum Gasteiger partial charge on any atom is 0.429 e. The zero-order valence-corrected chi connectivity index (χ0v) is 15.8. The van der Waals surface area contributed by atoms with Crippen molar-refractivity contribution in [3.05, 3.63) is 71.8 Å². The third-order valence-corrected chi connectivity index (χ3v) is 4.93. The van der Waals surface area contributed by atoms with E-state index in [1.165, 1.54) is 30.3 Å². The lowest BCUT2D eigenvalue weighted by atomic mass is 9.93. The molecule has 0 aromatic heterocycles. The van der Waals surface area contributed by atoms with Crippen LogP contribution >= 0.6 is 0 Å². The first-order valence-electron chi connectivity index (χ1n) is 9.13. The van der Waals surface area contributed by atoms with E-state index >= 15 is 0 Å². The maximum atomic E-state index is 13.8. The summed E-state index contributed by atoms with van der Waals surface area (Å²) in [5.74, 6) is -3.13. The molecule has 0 radical (unpaired) electrons. The summed E-state index contributed by atoms with van der Waals surface area (Å²) in [6.07, 6.45) is -14.9. The molecule has 1 aliphatic heterocycles. The normalized spacial score (nSPS) is 21.1. The Morgan fingerprint density at radius 1 is 0.625 bits per heavy atom. The molecule has 1 heterocycles. The molecule has 0 N–H and O–H groups in total. The quantitative estimate of drug-likeness (QED) is 0.243. The molecule has 166 valence electrons. The molecule has 0 spiro atoms. The van der Waals surface area contributed by atoms with E-state index in [0.29, 0.717) is 22.9 Å². The molecule has 4 nitrogen and oxygen atoms in total. The van der Waals surface area contributed by atoms with Gasteiger partial charge < -0.3 is 9.47 Å². The SMILES string of the molecule is O=C1/C=C/C(=O)O[C@H](C(F)(F)F)c2cccc3cc4cccc(c4cc23)C(C(F)(F)F)O1. The van der Waals surface area contributed by atoms with Gasteiger partial charge >= 0.3 is 24.3 Å². The first-order chi connectivity index (χ1) is 14.9. The van der Waals surface area contributed by atoms with Gasteiger partial charge in [0.05, 0.1) is 0 Å². The summed E-state index contributed by atoms with van der Waals surface area (Å²) in [4.78, 5) is 23.9. The van der Waals surface area contributed by atoms with E-state index in [-0.39, 0.29) is 10.8 Å². The largest absolute Gasteiger partial charge is 0.445 e. The smallest absolute Gasteiger partial charge is 0.429 e. The summed E-state index contributed by atoms with van der Waals surface area (Å²) < 4.78 is 91.7. The maximum absolute atomic E-state index is 13.8. The van der Waals surface area contributed by atoms with E-state index in [2.05, 4.69) is 9.47 Å². The van der Waals surface area contributed by atoms with Crippen molar-refractivity contribution >= 4 is 33.5 Å². The number of halogens is 6. The zero-order chi connectivity index (χ0) is 23.3. The van der Waals surface area contributed by atoms with E-state index < -0.39 is 47.6 Å². The Labute approximate surface area is 176 Å². The predicted molar refractivity (Wildman–Crippen MR) is 100 cm³/mol. The standard InChI is InChI=1S/C22H12F6O4/c23-21(24,25)19-13-5-1-3-11-9-12-4-2-6-14(16(12)10-15(11)13)20(22(26,27)28)32-18(30)8-7-17(29)31-19/h1-10,19-20H/b8-7+/t19-,20?/m0/s1. The van der Waals surface area contributed by atoms with Crippen molar-refractivity contribution in [3.63, 3.8) is 0 Å². The zero-order valence-electron chi connectivity index (χ0n) is 15.8. The van der Waals surface area contributed by atoms with Crippen LogP contribution in [0, 0.1) is 0 Å². The highest BCUT2D eigenvalue weighted by Gasteiger charge is 2.46. The summed E-state index contributed by atoms with van der Waals surface area (Å²) in [6, 6.07) is 10.3. The summed E-state index contributed by atoms with van der Waals surface area (Å²) in [7, 11) is 0. The molecule has 1 aliphatic rings. The van der Waals surface area contributed by atoms with Crippen molar-refractivity contribution in [1.29, 1.82) is 0 Å². The summed E-state index contributed by atoms with van der Waals surface area (Å²) >= 11 is 0. The van der Waals surface area contributed by atoms with Gasteiger partial charge in [-0.15, -0.1) is 0 Å². The number of carbonyl (C=O) groups is 2. The highest BCUT2D eigenvalue weighted by atomic mass is 19.4. The monoisotopic (exact) mass is 454 g/mol. The molecule has 0 saturated carbocycles. The lowest BCUT2D eigenvalue weighted by Crippen LogP contribution is -2.26. The van der Waals surface area contributed by atoms with Gasteiger partial charge in [0.15, 0.2) is 0 Å². The first kappa shape index (κ1) is 21.7. The van der Waals surface area contributed by atoms with Crippen molar-refractivity contribution in [2.24, 2.45) is 0 Å². The summed E-state index contributed by atoms with van der Waals surface area (Å²) in [5, 5.41) is 0.475. The highest BCUT2D eigenvalue weighted by molar-refractivity contribution is 6.01. The van der Waals surface area contributed by atoms with Crippen LogP contribution in [0.4, 0.5) is 26.3 Å². The van der Waals surface area contributed by atoms with Gasteiger partial charge in [0, 0.05) is 23.3 Å². The Balaban J connectivity index is 2.10. The number of hydrogen-bond donors (Lipinski definition) is 0. The molecule has 0 amide bonds. The van der Waals surface area contributed by atoms with E-state index in [4.69, 9.17) is 0 Å². The topological polar surface area (TPSA) is 52.6 Å². The second-order valence-corrected chi connectivity index (χ2v) is 7.04. The molecule has 32 heavy (non-hydrogen) atoms. The van der Waals surface area contributed by atoms with Gasteiger partial charge in [-0.05, 0) is 33.7 Å². The Morgan fingerprint density at radius 3 is 1.41 bits per heavy atom. The first-order valence-corrected chi connectivity index (χ1v) is 9.13. The molecule has 2 bridgehead atoms. The number of esters is 2. The van der Waals surface area contributed by atoms with Crippen LogP contribution in [0.15, 0.2) is 60.7 Å². The molecule has 2 atom stereocenters. The number of carbonyl (C=O) groups excluding carboxylic acids is 2. The second-order valence-electron chi connectivity index (χ2n) is 7.04. The molecular weight excluding hydrogens is 442 g/mol. The molecule has 3 aromatic rings. The molecule has 10 heteroatoms. The van der Waals surface area contributed by atoms with Crippen LogP contribution < -0.4 is 0 Å². The minimum absolute atomic E-state index is 0.0574. The second kappa shape index (κ2) is 7.54. The van der Waals surface area contributed by atoms with Crippen LogP contribution in [0.2, 0.25) is 0 Å². The molecular formula is C22H12F6O4. The number of ether oxygens (including phenoxy) is 2. The van der Waals surface area contributed by atoms with E-state index in [0.717, 1.165) is 18.2 Å². The summed E-state index contributed by atoms with van der Waals surface area (Å²) in [5.41, 5.74) is -0.910. The van der Waals surface area contributed by atoms with Gasteiger partial charge in [-0.1, -0.05) is 36.4 Å². The van der Waals surface area contributed by atoms with Gasteiger partial charge in [-0.2, -0.15) is 26.3 Å². The van der Waals surface area contributed by atoms with Crippen LogP contribution in [-0.4, -0.2) is 24.3 Å². The van der Waals surface area contributed by atoms with Crippen LogP contribution in [-0.2, 0) is 19.1 Å². The van der Waals surface area contributed by atoms with Gasteiger partial charge in [0.25, 0.3) is 0 Å². The van der Waals surface area contributed by atoms with Gasteiger partial charge in [0.2, 0.25) is 12.2 Å². The van der Waals surface area contributed by atoms with Gasteiger partial charge in [0.1, 0.15) is 0 Å². The Morgan fingerprint density at radius 2 is 1.03 bits per heavy atom. The number of rotatable bonds is 0. The molecule has 3 aromatic carbocycles. The fourth-order valence-corrected chi connectivity index (χ4v) is 3.62. The van der Waals surface area contributed by atoms with Crippen molar-refractivity contribution in [3.8, 4) is 0 Å². The predicted octanol–water partition coefficient (Wildman–Crippen LogP) is 5.86. The molecule has 4 rings (SSSR count). The molecule has 1 unspecified atom stereocenters. The fraction of sp³-hybridized carbons (Fsp3) is 0.182. The van der Waals surface area contributed by atoms with Gasteiger partial charge in [-0.25, -0.2) is 9.59 Å². The van der Waals surface area contributed by atoms with Crippen LogP contribution in [0.1, 0.15) is 23.3 Å². The minimum atomic E-state index is -5.03. The van der Waals surface area contributed by atoms with E-state index in [1.807, 2.05) is 0 Å². The van der Waals surface area contributed by atoms with Crippen molar-refractivity contribution in [2.45, 2.75) is 24.6 Å².